The Morgan fingerprint density at radius 1 is 1.54 bits per heavy atom. The van der Waals surface area contributed by atoms with Gasteiger partial charge in [0.2, 0.25) is 10.0 Å². The van der Waals surface area contributed by atoms with E-state index in [1.807, 2.05) is 0 Å². The van der Waals surface area contributed by atoms with Crippen LogP contribution in [0.15, 0.2) is 0 Å². The van der Waals surface area contributed by atoms with E-state index in [9.17, 15) is 17.2 Å². The van der Waals surface area contributed by atoms with Crippen molar-refractivity contribution in [3.8, 4) is 0 Å². The molecule has 3 nitrogen and oxygen atoms in total. The maximum absolute atomic E-state index is 12.3. The third kappa shape index (κ3) is 2.38. The molecule has 0 aromatic rings. The number of hydrogen-bond donors (Lipinski definition) is 0. The molecule has 0 amide bonds. The standard InChI is InChI=1S/C6H10BrF2NO2S/c7-4-13(11,12)10-3-1-2-5(10)6(8)9/h5-6H,1-4H2/t5-/m1/s1. The van der Waals surface area contributed by atoms with E-state index < -0.39 is 22.5 Å². The van der Waals surface area contributed by atoms with Gasteiger partial charge in [-0.05, 0) is 12.8 Å². The smallest absolute Gasteiger partial charge is 0.211 e. The van der Waals surface area contributed by atoms with E-state index in [1.54, 1.807) is 0 Å². The van der Waals surface area contributed by atoms with Gasteiger partial charge in [-0.2, -0.15) is 4.31 Å². The first-order chi connectivity index (χ1) is 5.99. The number of halogens is 3. The summed E-state index contributed by atoms with van der Waals surface area (Å²) in [4.78, 5) is 0. The summed E-state index contributed by atoms with van der Waals surface area (Å²) in [6, 6.07) is -1.12. The van der Waals surface area contributed by atoms with Crippen molar-refractivity contribution in [1.82, 2.24) is 4.31 Å². The third-order valence-corrected chi connectivity index (χ3v) is 5.21. The second-order valence-corrected chi connectivity index (χ2v) is 6.10. The lowest BCUT2D eigenvalue weighted by Gasteiger charge is -2.21. The fraction of sp³-hybridized carbons (Fsp3) is 1.00. The molecule has 1 heterocycles. The van der Waals surface area contributed by atoms with Crippen LogP contribution < -0.4 is 0 Å². The Labute approximate surface area is 84.3 Å². The summed E-state index contributed by atoms with van der Waals surface area (Å²) in [6.45, 7) is 0.211. The van der Waals surface area contributed by atoms with Crippen molar-refractivity contribution >= 4 is 26.0 Å². The molecule has 0 aromatic heterocycles. The molecule has 1 aliphatic heterocycles. The van der Waals surface area contributed by atoms with E-state index in [0.717, 1.165) is 4.31 Å². The number of nitrogens with zero attached hydrogens (tertiary/aromatic N) is 1. The van der Waals surface area contributed by atoms with Crippen LogP contribution in [-0.2, 0) is 10.0 Å². The van der Waals surface area contributed by atoms with Crippen LogP contribution in [0.4, 0.5) is 8.78 Å². The van der Waals surface area contributed by atoms with Crippen LogP contribution in [0.2, 0.25) is 0 Å². The summed E-state index contributed by atoms with van der Waals surface area (Å²) in [5.74, 6) is 0. The molecular formula is C6H10BrF2NO2S. The average Bonchev–Trinajstić information content (AvgIpc) is 2.52. The predicted octanol–water partition coefficient (Wildman–Crippen LogP) is 1.40. The van der Waals surface area contributed by atoms with Crippen molar-refractivity contribution in [3.63, 3.8) is 0 Å². The SMILES string of the molecule is O=S(=O)(CBr)N1CCC[C@@H]1C(F)F. The largest absolute Gasteiger partial charge is 0.254 e. The molecule has 0 bridgehead atoms. The lowest BCUT2D eigenvalue weighted by Crippen LogP contribution is -2.40. The molecule has 0 radical (unpaired) electrons. The van der Waals surface area contributed by atoms with Crippen molar-refractivity contribution in [2.45, 2.75) is 25.3 Å². The van der Waals surface area contributed by atoms with E-state index in [2.05, 4.69) is 15.9 Å². The minimum absolute atomic E-state index is 0.211. The van der Waals surface area contributed by atoms with Crippen LogP contribution in [0, 0.1) is 0 Å². The molecule has 13 heavy (non-hydrogen) atoms. The van der Waals surface area contributed by atoms with E-state index >= 15 is 0 Å². The highest BCUT2D eigenvalue weighted by Gasteiger charge is 2.38. The highest BCUT2D eigenvalue weighted by molar-refractivity contribution is 9.10. The molecule has 0 unspecified atom stereocenters. The second-order valence-electron chi connectivity index (χ2n) is 2.88. The molecule has 0 N–H and O–H groups in total. The Balaban J connectivity index is 2.80. The van der Waals surface area contributed by atoms with Gasteiger partial charge in [0.1, 0.15) is 4.66 Å². The van der Waals surface area contributed by atoms with Crippen molar-refractivity contribution in [1.29, 1.82) is 0 Å². The number of sulfonamides is 1. The molecule has 1 rings (SSSR count). The van der Waals surface area contributed by atoms with Gasteiger partial charge in [0.15, 0.2) is 0 Å². The van der Waals surface area contributed by atoms with Crippen molar-refractivity contribution in [2.24, 2.45) is 0 Å². The number of rotatable bonds is 3. The van der Waals surface area contributed by atoms with Gasteiger partial charge in [-0.3, -0.25) is 0 Å². The Morgan fingerprint density at radius 3 is 2.62 bits per heavy atom. The van der Waals surface area contributed by atoms with Crippen molar-refractivity contribution in [2.75, 3.05) is 11.2 Å². The van der Waals surface area contributed by atoms with E-state index in [4.69, 9.17) is 0 Å². The first kappa shape index (κ1) is 11.3. The molecule has 7 heteroatoms. The van der Waals surface area contributed by atoms with Gasteiger partial charge in [-0.25, -0.2) is 17.2 Å². The van der Waals surface area contributed by atoms with Crippen molar-refractivity contribution in [3.05, 3.63) is 0 Å². The summed E-state index contributed by atoms with van der Waals surface area (Å²) in [6.07, 6.45) is -1.82. The predicted molar refractivity (Wildman–Crippen MR) is 48.4 cm³/mol. The molecule has 1 saturated heterocycles. The van der Waals surface area contributed by atoms with Crippen LogP contribution in [0.1, 0.15) is 12.8 Å². The lowest BCUT2D eigenvalue weighted by atomic mass is 10.2. The zero-order chi connectivity index (χ0) is 10.1. The summed E-state index contributed by atoms with van der Waals surface area (Å²) >= 11 is 2.78. The Hall–Kier alpha value is 0.250. The minimum Gasteiger partial charge on any atom is -0.211 e. The summed E-state index contributed by atoms with van der Waals surface area (Å²) in [5, 5.41) is 0. The molecule has 78 valence electrons. The van der Waals surface area contributed by atoms with E-state index in [-0.39, 0.29) is 17.6 Å². The molecular weight excluding hydrogens is 268 g/mol. The first-order valence-electron chi connectivity index (χ1n) is 3.82. The Kier molecular flexibility index (Phi) is 3.64. The van der Waals surface area contributed by atoms with E-state index in [0.29, 0.717) is 6.42 Å². The number of hydrogen-bond acceptors (Lipinski definition) is 2. The fourth-order valence-electron chi connectivity index (χ4n) is 1.43. The monoisotopic (exact) mass is 277 g/mol. The topological polar surface area (TPSA) is 37.4 Å². The molecule has 0 aromatic carbocycles. The fourth-order valence-corrected chi connectivity index (χ4v) is 3.36. The van der Waals surface area contributed by atoms with Gasteiger partial charge in [-0.1, -0.05) is 15.9 Å². The van der Waals surface area contributed by atoms with Crippen LogP contribution >= 0.6 is 15.9 Å². The Bertz CT molecular complexity index is 270. The maximum Gasteiger partial charge on any atom is 0.254 e. The van der Waals surface area contributed by atoms with E-state index in [1.165, 1.54) is 0 Å². The highest BCUT2D eigenvalue weighted by atomic mass is 79.9. The van der Waals surface area contributed by atoms with Gasteiger partial charge < -0.3 is 0 Å². The maximum atomic E-state index is 12.3. The third-order valence-electron chi connectivity index (χ3n) is 2.03. The molecule has 0 aliphatic carbocycles. The molecule has 0 spiro atoms. The number of alkyl halides is 3. The molecule has 1 atom stereocenters. The van der Waals surface area contributed by atoms with Gasteiger partial charge in [0, 0.05) is 6.54 Å². The molecule has 1 fully saturated rings. The van der Waals surface area contributed by atoms with Crippen LogP contribution in [0.25, 0.3) is 0 Å². The summed E-state index contributed by atoms with van der Waals surface area (Å²) in [7, 11) is -3.52. The van der Waals surface area contributed by atoms with Crippen LogP contribution in [0.5, 0.6) is 0 Å². The minimum atomic E-state index is -3.52. The zero-order valence-corrected chi connectivity index (χ0v) is 9.19. The van der Waals surface area contributed by atoms with Gasteiger partial charge in [0.05, 0.1) is 6.04 Å². The highest BCUT2D eigenvalue weighted by Crippen LogP contribution is 2.26. The molecule has 1 aliphatic rings. The summed E-state index contributed by atoms with van der Waals surface area (Å²) in [5.41, 5.74) is 0. The second kappa shape index (κ2) is 4.18. The Morgan fingerprint density at radius 2 is 2.15 bits per heavy atom. The van der Waals surface area contributed by atoms with Crippen LogP contribution in [-0.4, -0.2) is 36.4 Å². The van der Waals surface area contributed by atoms with Crippen molar-refractivity contribution < 1.29 is 17.2 Å². The van der Waals surface area contributed by atoms with Crippen LogP contribution in [0.3, 0.4) is 0 Å². The zero-order valence-electron chi connectivity index (χ0n) is 6.79. The average molecular weight is 278 g/mol. The first-order valence-corrected chi connectivity index (χ1v) is 6.55. The lowest BCUT2D eigenvalue weighted by molar-refractivity contribution is 0.0787. The normalized spacial score (nSPS) is 25.7. The van der Waals surface area contributed by atoms with Gasteiger partial charge in [0.25, 0.3) is 6.43 Å². The van der Waals surface area contributed by atoms with Gasteiger partial charge in [-0.15, -0.1) is 0 Å². The van der Waals surface area contributed by atoms with Gasteiger partial charge >= 0.3 is 0 Å². The molecule has 0 saturated carbocycles. The quantitative estimate of drug-likeness (QED) is 0.732. The summed E-state index contributed by atoms with van der Waals surface area (Å²) < 4.78 is 47.8.